The number of carbonyl (C=O) groups excluding carboxylic acids is 1. The van der Waals surface area contributed by atoms with Gasteiger partial charge in [0.25, 0.3) is 0 Å². The summed E-state index contributed by atoms with van der Waals surface area (Å²) in [5, 5.41) is 0. The fourth-order valence-electron chi connectivity index (χ4n) is 2.16. The molecule has 1 atom stereocenters. The third kappa shape index (κ3) is 3.41. The zero-order chi connectivity index (χ0) is 14.5. The highest BCUT2D eigenvalue weighted by molar-refractivity contribution is 5.92. The summed E-state index contributed by atoms with van der Waals surface area (Å²) in [7, 11) is 0. The molecule has 3 rings (SSSR count). The zero-order valence-corrected chi connectivity index (χ0v) is 11.5. The molecular weight excluding hydrogens is 268 g/mol. The van der Waals surface area contributed by atoms with E-state index in [0.717, 1.165) is 5.56 Å². The summed E-state index contributed by atoms with van der Waals surface area (Å²) in [6.07, 6.45) is -0.395. The molecule has 0 fully saturated rings. The van der Waals surface area contributed by atoms with Gasteiger partial charge in [0.05, 0.1) is 13.2 Å². The molecule has 0 saturated heterocycles. The molecule has 0 amide bonds. The van der Waals surface area contributed by atoms with Gasteiger partial charge in [-0.15, -0.1) is 0 Å². The predicted octanol–water partition coefficient (Wildman–Crippen LogP) is 2.82. The highest BCUT2D eigenvalue weighted by atomic mass is 16.6. The largest absolute Gasteiger partial charge is 0.489 e. The van der Waals surface area contributed by atoms with Crippen molar-refractivity contribution in [2.24, 2.45) is 0 Å². The Kier molecular flexibility index (Phi) is 4.17. The number of fused-ring (bicyclic) bond motifs is 1. The number of hydrogen-bond donors (Lipinski definition) is 0. The quantitative estimate of drug-likeness (QED) is 0.810. The van der Waals surface area contributed by atoms with Crippen LogP contribution in [0.25, 0.3) is 0 Å². The van der Waals surface area contributed by atoms with Crippen LogP contribution in [-0.2, 0) is 16.1 Å². The molecule has 2 aromatic carbocycles. The predicted molar refractivity (Wildman–Crippen MR) is 77.2 cm³/mol. The molecule has 1 aliphatic rings. The van der Waals surface area contributed by atoms with Crippen LogP contribution in [0.1, 0.15) is 15.9 Å². The second-order valence-electron chi connectivity index (χ2n) is 4.84. The first-order valence-corrected chi connectivity index (χ1v) is 6.87. The number of ether oxygens (including phenoxy) is 3. The smallest absolute Gasteiger partial charge is 0.342 e. The molecule has 2 aromatic rings. The van der Waals surface area contributed by atoms with E-state index in [2.05, 4.69) is 0 Å². The summed E-state index contributed by atoms with van der Waals surface area (Å²) >= 11 is 0. The van der Waals surface area contributed by atoms with Crippen molar-refractivity contribution < 1.29 is 19.0 Å². The van der Waals surface area contributed by atoms with Gasteiger partial charge in [0, 0.05) is 0 Å². The molecular formula is C17H16O4. The summed E-state index contributed by atoms with van der Waals surface area (Å²) in [5.74, 6) is 0.199. The van der Waals surface area contributed by atoms with Gasteiger partial charge in [-0.05, 0) is 17.7 Å². The van der Waals surface area contributed by atoms with Crippen molar-refractivity contribution in [2.45, 2.75) is 12.7 Å². The van der Waals surface area contributed by atoms with Gasteiger partial charge in [-0.3, -0.25) is 0 Å². The van der Waals surface area contributed by atoms with E-state index in [1.165, 1.54) is 0 Å². The van der Waals surface area contributed by atoms with E-state index in [-0.39, 0.29) is 5.97 Å². The number of rotatable bonds is 4. The van der Waals surface area contributed by atoms with E-state index < -0.39 is 6.10 Å². The lowest BCUT2D eigenvalue weighted by Gasteiger charge is -2.14. The topological polar surface area (TPSA) is 44.8 Å². The molecule has 0 spiro atoms. The first kappa shape index (κ1) is 13.6. The summed E-state index contributed by atoms with van der Waals surface area (Å²) in [5.41, 5.74) is 1.55. The van der Waals surface area contributed by atoms with Crippen LogP contribution in [-0.4, -0.2) is 25.3 Å². The van der Waals surface area contributed by atoms with Gasteiger partial charge in [0.1, 0.15) is 17.9 Å². The SMILES string of the molecule is O=C1O[C@H](COCc2ccccc2)COc2ccccc21. The van der Waals surface area contributed by atoms with Crippen LogP contribution in [0.3, 0.4) is 0 Å². The van der Waals surface area contributed by atoms with E-state index in [1.807, 2.05) is 36.4 Å². The van der Waals surface area contributed by atoms with Crippen LogP contribution in [0.5, 0.6) is 5.75 Å². The van der Waals surface area contributed by atoms with Crippen molar-refractivity contribution in [3.8, 4) is 5.75 Å². The first-order valence-electron chi connectivity index (χ1n) is 6.87. The van der Waals surface area contributed by atoms with E-state index in [9.17, 15) is 4.79 Å². The molecule has 21 heavy (non-hydrogen) atoms. The monoisotopic (exact) mass is 284 g/mol. The number of benzene rings is 2. The van der Waals surface area contributed by atoms with Gasteiger partial charge in [0.2, 0.25) is 0 Å². The number of hydrogen-bond acceptors (Lipinski definition) is 4. The van der Waals surface area contributed by atoms with Crippen molar-refractivity contribution in [2.75, 3.05) is 13.2 Å². The number of cyclic esters (lactones) is 1. The second-order valence-corrected chi connectivity index (χ2v) is 4.84. The van der Waals surface area contributed by atoms with Crippen LogP contribution in [0, 0.1) is 0 Å². The molecule has 0 aliphatic carbocycles. The minimum Gasteiger partial charge on any atom is -0.489 e. The van der Waals surface area contributed by atoms with Crippen LogP contribution < -0.4 is 4.74 Å². The Morgan fingerprint density at radius 1 is 1.05 bits per heavy atom. The van der Waals surface area contributed by atoms with E-state index in [4.69, 9.17) is 14.2 Å². The first-order chi connectivity index (χ1) is 10.3. The molecule has 0 saturated carbocycles. The molecule has 1 heterocycles. The molecule has 4 nitrogen and oxygen atoms in total. The number of esters is 1. The Hall–Kier alpha value is -2.33. The average Bonchev–Trinajstić information content (AvgIpc) is 2.68. The maximum Gasteiger partial charge on any atom is 0.342 e. The molecule has 0 unspecified atom stereocenters. The van der Waals surface area contributed by atoms with Crippen molar-refractivity contribution in [3.63, 3.8) is 0 Å². The Bertz CT molecular complexity index is 609. The van der Waals surface area contributed by atoms with Gasteiger partial charge in [-0.2, -0.15) is 0 Å². The molecule has 108 valence electrons. The lowest BCUT2D eigenvalue weighted by atomic mass is 10.2. The van der Waals surface area contributed by atoms with Gasteiger partial charge in [-0.1, -0.05) is 42.5 Å². The Morgan fingerprint density at radius 3 is 2.67 bits per heavy atom. The maximum absolute atomic E-state index is 12.0. The standard InChI is InChI=1S/C17H16O4/c18-17-15-8-4-5-9-16(15)20-12-14(21-17)11-19-10-13-6-2-1-3-7-13/h1-9,14H,10-12H2/t14-/m1/s1. The van der Waals surface area contributed by atoms with Crippen molar-refractivity contribution >= 4 is 5.97 Å². The van der Waals surface area contributed by atoms with E-state index in [1.54, 1.807) is 18.2 Å². The van der Waals surface area contributed by atoms with Crippen molar-refractivity contribution in [3.05, 3.63) is 65.7 Å². The molecule has 0 N–H and O–H groups in total. The number of para-hydroxylation sites is 1. The van der Waals surface area contributed by atoms with Crippen LogP contribution >= 0.6 is 0 Å². The molecule has 0 aromatic heterocycles. The van der Waals surface area contributed by atoms with E-state index >= 15 is 0 Å². The van der Waals surface area contributed by atoms with Gasteiger partial charge in [0.15, 0.2) is 6.10 Å². The lowest BCUT2D eigenvalue weighted by molar-refractivity contribution is -0.0182. The highest BCUT2D eigenvalue weighted by Gasteiger charge is 2.24. The fraction of sp³-hybridized carbons (Fsp3) is 0.235. The lowest BCUT2D eigenvalue weighted by Crippen LogP contribution is -2.27. The van der Waals surface area contributed by atoms with Crippen LogP contribution in [0.4, 0.5) is 0 Å². The van der Waals surface area contributed by atoms with Gasteiger partial charge < -0.3 is 14.2 Å². The van der Waals surface area contributed by atoms with Crippen molar-refractivity contribution in [1.29, 1.82) is 0 Å². The van der Waals surface area contributed by atoms with E-state index in [0.29, 0.717) is 31.1 Å². The Balaban J connectivity index is 1.55. The second kappa shape index (κ2) is 6.41. The van der Waals surface area contributed by atoms with Gasteiger partial charge in [-0.25, -0.2) is 4.79 Å². The van der Waals surface area contributed by atoms with Crippen molar-refractivity contribution in [1.82, 2.24) is 0 Å². The fourth-order valence-corrected chi connectivity index (χ4v) is 2.16. The average molecular weight is 284 g/mol. The third-order valence-corrected chi connectivity index (χ3v) is 3.22. The van der Waals surface area contributed by atoms with Gasteiger partial charge >= 0.3 is 5.97 Å². The summed E-state index contributed by atoms with van der Waals surface area (Å²) in [6, 6.07) is 17.0. The normalized spacial score (nSPS) is 17.3. The van der Waals surface area contributed by atoms with Crippen LogP contribution in [0.2, 0.25) is 0 Å². The summed E-state index contributed by atoms with van der Waals surface area (Å²) in [4.78, 5) is 12.0. The zero-order valence-electron chi connectivity index (χ0n) is 11.5. The third-order valence-electron chi connectivity index (χ3n) is 3.22. The van der Waals surface area contributed by atoms with Crippen LogP contribution in [0.15, 0.2) is 54.6 Å². The molecule has 0 radical (unpaired) electrons. The Morgan fingerprint density at radius 2 is 1.81 bits per heavy atom. The number of carbonyl (C=O) groups is 1. The maximum atomic E-state index is 12.0. The molecule has 1 aliphatic heterocycles. The summed E-state index contributed by atoms with van der Waals surface area (Å²) in [6.45, 7) is 1.11. The minimum absolute atomic E-state index is 0.303. The molecule has 4 heteroatoms. The minimum atomic E-state index is -0.395. The molecule has 0 bridgehead atoms. The summed E-state index contributed by atoms with van der Waals surface area (Å²) < 4.78 is 16.6. The Labute approximate surface area is 123 Å². The highest BCUT2D eigenvalue weighted by Crippen LogP contribution is 2.23.